The highest BCUT2D eigenvalue weighted by Gasteiger charge is 2.47. The van der Waals surface area contributed by atoms with E-state index >= 15 is 0 Å². The van der Waals surface area contributed by atoms with Crippen molar-refractivity contribution in [2.45, 2.75) is 44.2 Å². The maximum atomic E-state index is 9.69. The summed E-state index contributed by atoms with van der Waals surface area (Å²) < 4.78 is 27.8. The summed E-state index contributed by atoms with van der Waals surface area (Å²) in [5.74, 6) is 0.745. The SMILES string of the molecule is CCO[C@@H]1[C@@H](OC)O[C@H](CO)[C@@H](OCc2ccc(OC)cc2)[C@H]1N=[N+]=[N-]. The summed E-state index contributed by atoms with van der Waals surface area (Å²) in [5.41, 5.74) is 9.88. The molecule has 0 bridgehead atoms. The van der Waals surface area contributed by atoms with Crippen LogP contribution in [-0.2, 0) is 25.6 Å². The molecular weight excluding hydrogens is 342 g/mol. The molecule has 26 heavy (non-hydrogen) atoms. The lowest BCUT2D eigenvalue weighted by molar-refractivity contribution is -0.284. The van der Waals surface area contributed by atoms with Crippen LogP contribution in [0.3, 0.4) is 0 Å². The molecule has 0 spiro atoms. The number of ether oxygens (including phenoxy) is 5. The summed E-state index contributed by atoms with van der Waals surface area (Å²) in [6.45, 7) is 2.16. The Morgan fingerprint density at radius 3 is 2.46 bits per heavy atom. The monoisotopic (exact) mass is 367 g/mol. The van der Waals surface area contributed by atoms with Gasteiger partial charge in [-0.1, -0.05) is 17.2 Å². The standard InChI is InChI=1S/C17H25N3O6/c1-4-24-16-14(19-20-18)15(13(9-21)26-17(16)23-3)25-10-11-5-7-12(22-2)8-6-11/h5-8,13-17,21H,4,9-10H2,1-3H3/t13-,14-,15-,16+,17+/m1/s1. The second kappa shape index (κ2) is 10.3. The van der Waals surface area contributed by atoms with Crippen LogP contribution >= 0.6 is 0 Å². The molecule has 9 heteroatoms. The van der Waals surface area contributed by atoms with Crippen molar-refractivity contribution < 1.29 is 28.8 Å². The van der Waals surface area contributed by atoms with Crippen LogP contribution in [-0.4, -0.2) is 63.2 Å². The molecule has 1 heterocycles. The number of methoxy groups -OCH3 is 2. The van der Waals surface area contributed by atoms with Gasteiger partial charge in [-0.2, -0.15) is 0 Å². The average molecular weight is 367 g/mol. The second-order valence-electron chi connectivity index (χ2n) is 5.70. The lowest BCUT2D eigenvalue weighted by atomic mass is 9.96. The van der Waals surface area contributed by atoms with Crippen LogP contribution in [0.4, 0.5) is 0 Å². The van der Waals surface area contributed by atoms with E-state index in [9.17, 15) is 5.11 Å². The Morgan fingerprint density at radius 1 is 1.19 bits per heavy atom. The summed E-state index contributed by atoms with van der Waals surface area (Å²) in [7, 11) is 3.07. The Balaban J connectivity index is 2.18. The van der Waals surface area contributed by atoms with E-state index in [4.69, 9.17) is 29.2 Å². The molecule has 0 aliphatic carbocycles. The van der Waals surface area contributed by atoms with Crippen molar-refractivity contribution in [3.8, 4) is 5.75 Å². The minimum atomic E-state index is -0.761. The fourth-order valence-electron chi connectivity index (χ4n) is 2.91. The first-order valence-corrected chi connectivity index (χ1v) is 8.37. The number of aliphatic hydroxyl groups is 1. The number of benzene rings is 1. The molecule has 1 aromatic carbocycles. The highest BCUT2D eigenvalue weighted by atomic mass is 16.7. The van der Waals surface area contributed by atoms with E-state index in [2.05, 4.69) is 10.0 Å². The van der Waals surface area contributed by atoms with E-state index in [0.717, 1.165) is 11.3 Å². The first kappa shape index (κ1) is 20.4. The molecule has 1 saturated heterocycles. The van der Waals surface area contributed by atoms with Crippen LogP contribution < -0.4 is 4.74 Å². The average Bonchev–Trinajstić information content (AvgIpc) is 2.68. The molecule has 1 fully saturated rings. The molecule has 1 aliphatic rings. The zero-order chi connectivity index (χ0) is 18.9. The zero-order valence-corrected chi connectivity index (χ0v) is 15.1. The number of hydrogen-bond donors (Lipinski definition) is 1. The quantitative estimate of drug-likeness (QED) is 0.406. The minimum Gasteiger partial charge on any atom is -0.497 e. The van der Waals surface area contributed by atoms with Crippen molar-refractivity contribution in [1.29, 1.82) is 0 Å². The Labute approximate surface area is 152 Å². The smallest absolute Gasteiger partial charge is 0.184 e. The van der Waals surface area contributed by atoms with Crippen molar-refractivity contribution >= 4 is 0 Å². The fourth-order valence-corrected chi connectivity index (χ4v) is 2.91. The van der Waals surface area contributed by atoms with Crippen LogP contribution in [0.2, 0.25) is 0 Å². The third-order valence-corrected chi connectivity index (χ3v) is 4.17. The summed E-state index contributed by atoms with van der Waals surface area (Å²) in [5, 5.41) is 13.5. The zero-order valence-electron chi connectivity index (χ0n) is 15.1. The predicted octanol–water partition coefficient (Wildman–Crippen LogP) is 2.03. The Hall–Kier alpha value is -1.87. The van der Waals surface area contributed by atoms with E-state index in [0.29, 0.717) is 6.61 Å². The number of nitrogens with zero attached hydrogens (tertiary/aromatic N) is 3. The molecule has 0 amide bonds. The Morgan fingerprint density at radius 2 is 1.92 bits per heavy atom. The van der Waals surface area contributed by atoms with Crippen LogP contribution in [0, 0.1) is 0 Å². The Bertz CT molecular complexity index is 593. The molecule has 5 atom stereocenters. The molecule has 0 unspecified atom stereocenters. The van der Waals surface area contributed by atoms with E-state index < -0.39 is 30.6 Å². The molecule has 144 valence electrons. The van der Waals surface area contributed by atoms with Crippen molar-refractivity contribution in [3.05, 3.63) is 40.3 Å². The summed E-state index contributed by atoms with van der Waals surface area (Å²) in [6.07, 6.45) is -2.78. The van der Waals surface area contributed by atoms with Gasteiger partial charge in [0.1, 0.15) is 18.0 Å². The molecule has 0 saturated carbocycles. The van der Waals surface area contributed by atoms with Crippen LogP contribution in [0.1, 0.15) is 12.5 Å². The van der Waals surface area contributed by atoms with E-state index in [1.807, 2.05) is 31.2 Å². The van der Waals surface area contributed by atoms with Gasteiger partial charge < -0.3 is 28.8 Å². The van der Waals surface area contributed by atoms with Crippen LogP contribution in [0.5, 0.6) is 5.75 Å². The maximum Gasteiger partial charge on any atom is 0.184 e. The van der Waals surface area contributed by atoms with Crippen molar-refractivity contribution in [2.24, 2.45) is 5.11 Å². The molecular formula is C17H25N3O6. The van der Waals surface area contributed by atoms with Gasteiger partial charge in [-0.25, -0.2) is 0 Å². The topological polar surface area (TPSA) is 115 Å². The highest BCUT2D eigenvalue weighted by Crippen LogP contribution is 2.29. The normalized spacial score (nSPS) is 28.4. The van der Waals surface area contributed by atoms with Crippen molar-refractivity contribution in [3.63, 3.8) is 0 Å². The third-order valence-electron chi connectivity index (χ3n) is 4.17. The van der Waals surface area contributed by atoms with Crippen molar-refractivity contribution in [1.82, 2.24) is 0 Å². The van der Waals surface area contributed by atoms with Gasteiger partial charge in [0, 0.05) is 18.6 Å². The predicted molar refractivity (Wildman–Crippen MR) is 92.7 cm³/mol. The fraction of sp³-hybridized carbons (Fsp3) is 0.647. The number of rotatable bonds is 9. The van der Waals surface area contributed by atoms with Gasteiger partial charge in [-0.3, -0.25) is 0 Å². The van der Waals surface area contributed by atoms with E-state index in [1.54, 1.807) is 7.11 Å². The van der Waals surface area contributed by atoms with Gasteiger partial charge >= 0.3 is 0 Å². The minimum absolute atomic E-state index is 0.252. The summed E-state index contributed by atoms with van der Waals surface area (Å²) >= 11 is 0. The van der Waals surface area contributed by atoms with Gasteiger partial charge in [0.05, 0.1) is 32.5 Å². The molecule has 0 radical (unpaired) electrons. The van der Waals surface area contributed by atoms with Gasteiger partial charge in [-0.15, -0.1) is 0 Å². The first-order valence-electron chi connectivity index (χ1n) is 8.37. The van der Waals surface area contributed by atoms with Crippen molar-refractivity contribution in [2.75, 3.05) is 27.4 Å². The number of hydrogen-bond acceptors (Lipinski definition) is 7. The molecule has 9 nitrogen and oxygen atoms in total. The molecule has 0 aromatic heterocycles. The van der Waals surface area contributed by atoms with Crippen LogP contribution in [0.15, 0.2) is 29.4 Å². The molecule has 2 rings (SSSR count). The Kier molecular flexibility index (Phi) is 8.11. The molecule has 1 N–H and O–H groups in total. The third kappa shape index (κ3) is 4.85. The van der Waals surface area contributed by atoms with Crippen LogP contribution in [0.25, 0.3) is 10.4 Å². The van der Waals surface area contributed by atoms with Gasteiger partial charge in [0.15, 0.2) is 6.29 Å². The maximum absolute atomic E-state index is 9.69. The summed E-state index contributed by atoms with van der Waals surface area (Å²) in [6, 6.07) is 6.70. The van der Waals surface area contributed by atoms with Gasteiger partial charge in [0.25, 0.3) is 0 Å². The second-order valence-corrected chi connectivity index (χ2v) is 5.70. The largest absolute Gasteiger partial charge is 0.497 e. The molecule has 1 aliphatic heterocycles. The molecule has 1 aromatic rings. The van der Waals surface area contributed by atoms with Gasteiger partial charge in [-0.05, 0) is 30.2 Å². The lowest BCUT2D eigenvalue weighted by Crippen LogP contribution is -2.59. The summed E-state index contributed by atoms with van der Waals surface area (Å²) in [4.78, 5) is 2.91. The van der Waals surface area contributed by atoms with E-state index in [1.165, 1.54) is 7.11 Å². The first-order chi connectivity index (χ1) is 12.7. The number of azide groups is 1. The van der Waals surface area contributed by atoms with E-state index in [-0.39, 0.29) is 13.2 Å². The number of aliphatic hydroxyl groups excluding tert-OH is 1. The lowest BCUT2D eigenvalue weighted by Gasteiger charge is -2.43. The highest BCUT2D eigenvalue weighted by molar-refractivity contribution is 5.26. The van der Waals surface area contributed by atoms with Gasteiger partial charge in [0.2, 0.25) is 0 Å².